The molecule has 2 heterocycles. The maximum atomic E-state index is 10.7. The van der Waals surface area contributed by atoms with Crippen molar-refractivity contribution in [3.63, 3.8) is 0 Å². The molecule has 0 aromatic rings. The van der Waals surface area contributed by atoms with E-state index in [1.54, 1.807) is 12.2 Å². The molecular formula is C8H10N2O2. The fourth-order valence-corrected chi connectivity index (χ4v) is 1.54. The van der Waals surface area contributed by atoms with Crippen LogP contribution < -0.4 is 5.32 Å². The molecule has 0 radical (unpaired) electrons. The minimum absolute atomic E-state index is 0.486. The first kappa shape index (κ1) is 7.21. The molecule has 12 heavy (non-hydrogen) atoms. The van der Waals surface area contributed by atoms with Gasteiger partial charge < -0.3 is 15.3 Å². The average molecular weight is 166 g/mol. The van der Waals surface area contributed by atoms with Gasteiger partial charge in [-0.05, 0) is 6.08 Å². The average Bonchev–Trinajstić information content (AvgIpc) is 2.49. The number of fused-ring (bicyclic) bond motifs is 1. The molecule has 2 aliphatic rings. The maximum Gasteiger partial charge on any atom is 0.330 e. The van der Waals surface area contributed by atoms with Gasteiger partial charge in [0.15, 0.2) is 0 Å². The molecule has 1 unspecified atom stereocenters. The van der Waals surface area contributed by atoms with Gasteiger partial charge in [-0.3, -0.25) is 0 Å². The first-order chi connectivity index (χ1) is 5.79. The van der Waals surface area contributed by atoms with Crippen LogP contribution in [-0.2, 0) is 4.79 Å². The van der Waals surface area contributed by atoms with Crippen LogP contribution in [0.3, 0.4) is 0 Å². The van der Waals surface area contributed by atoms with E-state index in [9.17, 15) is 4.79 Å². The van der Waals surface area contributed by atoms with Crippen molar-refractivity contribution in [2.24, 2.45) is 0 Å². The number of nitrogens with one attached hydrogen (secondary N) is 1. The lowest BCUT2D eigenvalue weighted by Crippen LogP contribution is -2.38. The van der Waals surface area contributed by atoms with E-state index in [0.717, 1.165) is 18.9 Å². The Hall–Kier alpha value is -1.45. The monoisotopic (exact) mass is 166 g/mol. The van der Waals surface area contributed by atoms with Crippen LogP contribution in [0.4, 0.5) is 0 Å². The Bertz CT molecular complexity index is 270. The van der Waals surface area contributed by atoms with Crippen molar-refractivity contribution < 1.29 is 9.90 Å². The fourth-order valence-electron chi connectivity index (χ4n) is 1.54. The maximum absolute atomic E-state index is 10.7. The Morgan fingerprint density at radius 2 is 2.58 bits per heavy atom. The van der Waals surface area contributed by atoms with Gasteiger partial charge in [-0.15, -0.1) is 0 Å². The second kappa shape index (κ2) is 2.55. The number of hydrogen-bond donors (Lipinski definition) is 2. The standard InChI is InChI=1S/C8H10N2O2/c11-8(12)6-2-1-3-7-9-4-5-10(6)7/h1-3,6,9H,4-5H2,(H,11,12). The zero-order chi connectivity index (χ0) is 8.55. The van der Waals surface area contributed by atoms with Gasteiger partial charge in [-0.2, -0.15) is 0 Å². The zero-order valence-electron chi connectivity index (χ0n) is 6.53. The number of aliphatic carboxylic acids is 1. The lowest BCUT2D eigenvalue weighted by atomic mass is 10.2. The van der Waals surface area contributed by atoms with Crippen molar-refractivity contribution in [2.75, 3.05) is 13.1 Å². The molecule has 2 aliphatic heterocycles. The highest BCUT2D eigenvalue weighted by Crippen LogP contribution is 2.17. The van der Waals surface area contributed by atoms with Gasteiger partial charge >= 0.3 is 5.97 Å². The van der Waals surface area contributed by atoms with E-state index >= 15 is 0 Å². The largest absolute Gasteiger partial charge is 0.479 e. The Balaban J connectivity index is 2.24. The van der Waals surface area contributed by atoms with Crippen molar-refractivity contribution in [1.29, 1.82) is 0 Å². The first-order valence-electron chi connectivity index (χ1n) is 3.91. The van der Waals surface area contributed by atoms with E-state index < -0.39 is 12.0 Å². The predicted octanol–water partition coefficient (Wildman–Crippen LogP) is -0.244. The third kappa shape index (κ3) is 0.958. The Morgan fingerprint density at radius 3 is 3.33 bits per heavy atom. The van der Waals surface area contributed by atoms with Gasteiger partial charge in [0.25, 0.3) is 0 Å². The summed E-state index contributed by atoms with van der Waals surface area (Å²) in [6, 6.07) is -0.486. The highest BCUT2D eigenvalue weighted by atomic mass is 16.4. The van der Waals surface area contributed by atoms with Crippen LogP contribution in [0, 0.1) is 0 Å². The molecule has 2 N–H and O–H groups in total. The van der Waals surface area contributed by atoms with E-state index in [2.05, 4.69) is 5.32 Å². The summed E-state index contributed by atoms with van der Waals surface area (Å²) >= 11 is 0. The Kier molecular flexibility index (Phi) is 1.53. The highest BCUT2D eigenvalue weighted by molar-refractivity contribution is 5.76. The molecule has 0 aromatic carbocycles. The molecule has 0 aliphatic carbocycles. The van der Waals surface area contributed by atoms with E-state index in [-0.39, 0.29) is 0 Å². The van der Waals surface area contributed by atoms with Gasteiger partial charge in [0, 0.05) is 13.1 Å². The smallest absolute Gasteiger partial charge is 0.330 e. The topological polar surface area (TPSA) is 52.6 Å². The Labute approximate surface area is 70.2 Å². The van der Waals surface area contributed by atoms with Crippen molar-refractivity contribution in [3.05, 3.63) is 24.0 Å². The van der Waals surface area contributed by atoms with Crippen LogP contribution in [0.5, 0.6) is 0 Å². The third-order valence-electron chi connectivity index (χ3n) is 2.10. The molecule has 0 amide bonds. The van der Waals surface area contributed by atoms with Crippen molar-refractivity contribution in [3.8, 4) is 0 Å². The molecule has 0 bridgehead atoms. The summed E-state index contributed by atoms with van der Waals surface area (Å²) in [5.41, 5.74) is 0. The molecule has 0 saturated carbocycles. The van der Waals surface area contributed by atoms with E-state index in [0.29, 0.717) is 0 Å². The molecule has 64 valence electrons. The lowest BCUT2D eigenvalue weighted by Gasteiger charge is -2.26. The molecule has 4 nitrogen and oxygen atoms in total. The number of carboxylic acid groups (broad SMARTS) is 1. The Morgan fingerprint density at radius 1 is 1.75 bits per heavy atom. The van der Waals surface area contributed by atoms with Gasteiger partial charge in [0.2, 0.25) is 0 Å². The third-order valence-corrected chi connectivity index (χ3v) is 2.10. The minimum Gasteiger partial charge on any atom is -0.479 e. The lowest BCUT2D eigenvalue weighted by molar-refractivity contribution is -0.140. The van der Waals surface area contributed by atoms with Crippen LogP contribution in [0.15, 0.2) is 24.0 Å². The second-order valence-corrected chi connectivity index (χ2v) is 2.84. The molecule has 1 atom stereocenters. The van der Waals surface area contributed by atoms with Crippen LogP contribution in [0.25, 0.3) is 0 Å². The van der Waals surface area contributed by atoms with Crippen LogP contribution in [-0.4, -0.2) is 35.1 Å². The van der Waals surface area contributed by atoms with Crippen molar-refractivity contribution in [1.82, 2.24) is 10.2 Å². The number of nitrogens with zero attached hydrogens (tertiary/aromatic N) is 1. The molecule has 0 spiro atoms. The molecular weight excluding hydrogens is 156 g/mol. The fraction of sp³-hybridized carbons (Fsp3) is 0.375. The summed E-state index contributed by atoms with van der Waals surface area (Å²) in [5, 5.41) is 12.0. The number of allylic oxidation sites excluding steroid dienone is 2. The quantitative estimate of drug-likeness (QED) is 0.564. The summed E-state index contributed by atoms with van der Waals surface area (Å²) in [6.45, 7) is 1.60. The van der Waals surface area contributed by atoms with Gasteiger partial charge in [0.05, 0.1) is 0 Å². The van der Waals surface area contributed by atoms with Crippen molar-refractivity contribution >= 4 is 5.97 Å². The number of rotatable bonds is 1. The summed E-state index contributed by atoms with van der Waals surface area (Å²) in [6.07, 6.45) is 5.37. The summed E-state index contributed by atoms with van der Waals surface area (Å²) in [7, 11) is 0. The molecule has 0 aromatic heterocycles. The van der Waals surface area contributed by atoms with E-state index in [4.69, 9.17) is 5.11 Å². The van der Waals surface area contributed by atoms with Gasteiger partial charge in [0.1, 0.15) is 11.9 Å². The van der Waals surface area contributed by atoms with Crippen LogP contribution >= 0.6 is 0 Å². The van der Waals surface area contributed by atoms with Crippen molar-refractivity contribution in [2.45, 2.75) is 6.04 Å². The SMILES string of the molecule is O=C(O)C1C=CC=C2NCCN21. The number of carbonyl (C=O) groups is 1. The highest BCUT2D eigenvalue weighted by Gasteiger charge is 2.29. The number of carboxylic acids is 1. The summed E-state index contributed by atoms with van der Waals surface area (Å²) < 4.78 is 0. The predicted molar refractivity (Wildman–Crippen MR) is 43.4 cm³/mol. The van der Waals surface area contributed by atoms with Crippen LogP contribution in [0.2, 0.25) is 0 Å². The van der Waals surface area contributed by atoms with Crippen LogP contribution in [0.1, 0.15) is 0 Å². The van der Waals surface area contributed by atoms with Gasteiger partial charge in [-0.1, -0.05) is 12.2 Å². The van der Waals surface area contributed by atoms with E-state index in [1.807, 2.05) is 11.0 Å². The van der Waals surface area contributed by atoms with Gasteiger partial charge in [-0.25, -0.2) is 4.79 Å². The summed E-state index contributed by atoms with van der Waals surface area (Å²) in [5.74, 6) is 0.130. The first-order valence-corrected chi connectivity index (χ1v) is 3.91. The molecule has 2 rings (SSSR count). The normalized spacial score (nSPS) is 26.2. The number of hydrogen-bond acceptors (Lipinski definition) is 3. The minimum atomic E-state index is -0.791. The zero-order valence-corrected chi connectivity index (χ0v) is 6.53. The summed E-state index contributed by atoms with van der Waals surface area (Å²) in [4.78, 5) is 12.6. The molecule has 4 heteroatoms. The second-order valence-electron chi connectivity index (χ2n) is 2.84. The molecule has 1 saturated heterocycles. The van der Waals surface area contributed by atoms with E-state index in [1.165, 1.54) is 0 Å². The molecule has 1 fully saturated rings.